The van der Waals surface area contributed by atoms with Gasteiger partial charge in [-0.05, 0) is 24.2 Å². The largest absolute Gasteiger partial charge is 0.389 e. The number of nitrogens with one attached hydrogen (secondary N) is 2. The second-order valence-electron chi connectivity index (χ2n) is 4.45. The zero-order valence-electron chi connectivity index (χ0n) is 15.7. The monoisotopic (exact) mass is 306 g/mol. The molecule has 5 heteroatoms. The molecule has 0 saturated heterocycles. The molecule has 2 aromatic rings. The van der Waals surface area contributed by atoms with Gasteiger partial charge in [0.1, 0.15) is 0 Å². The van der Waals surface area contributed by atoms with Gasteiger partial charge >= 0.3 is 0 Å². The SMILES string of the molecule is [3H]c1cccc([3H])c1C(=O)NCC(O)CNC(=O)c1c([3H])cccc1[3H]. The highest BCUT2D eigenvalue weighted by Gasteiger charge is 2.10. The highest BCUT2D eigenvalue weighted by Crippen LogP contribution is 1.99. The average Bonchev–Trinajstić information content (AvgIpc) is 2.57. The van der Waals surface area contributed by atoms with Gasteiger partial charge in [0.05, 0.1) is 11.6 Å². The van der Waals surface area contributed by atoms with Crippen molar-refractivity contribution < 1.29 is 20.2 Å². The molecule has 0 saturated carbocycles. The summed E-state index contributed by atoms with van der Waals surface area (Å²) in [4.78, 5) is 24.1. The van der Waals surface area contributed by atoms with Gasteiger partial charge in [-0.1, -0.05) is 36.4 Å². The number of hydrogen-bond acceptors (Lipinski definition) is 3. The van der Waals surface area contributed by atoms with E-state index in [-0.39, 0.29) is 48.4 Å². The van der Waals surface area contributed by atoms with Crippen molar-refractivity contribution in [2.24, 2.45) is 0 Å². The average molecular weight is 306 g/mol. The fourth-order valence-corrected chi connectivity index (χ4v) is 1.64. The predicted molar refractivity (Wildman–Crippen MR) is 83.6 cm³/mol. The van der Waals surface area contributed by atoms with E-state index in [9.17, 15) is 14.7 Å². The molecule has 0 spiro atoms. The van der Waals surface area contributed by atoms with E-state index in [0.29, 0.717) is 0 Å². The molecular formula is C17H18N2O3. The maximum atomic E-state index is 12.0. The Morgan fingerprint density at radius 1 is 0.864 bits per heavy atom. The van der Waals surface area contributed by atoms with E-state index in [1.54, 1.807) is 0 Å². The lowest BCUT2D eigenvalue weighted by atomic mass is 10.2. The summed E-state index contributed by atoms with van der Waals surface area (Å²) >= 11 is 0. The van der Waals surface area contributed by atoms with Crippen LogP contribution in [0.1, 0.15) is 26.2 Å². The van der Waals surface area contributed by atoms with Gasteiger partial charge < -0.3 is 15.7 Å². The first-order valence-corrected chi connectivity index (χ1v) is 6.68. The van der Waals surface area contributed by atoms with Gasteiger partial charge in [-0.3, -0.25) is 9.59 Å². The van der Waals surface area contributed by atoms with Crippen LogP contribution in [0.3, 0.4) is 0 Å². The Morgan fingerprint density at radius 3 is 1.59 bits per heavy atom. The third kappa shape index (κ3) is 4.71. The van der Waals surface area contributed by atoms with Crippen LogP contribution in [-0.2, 0) is 0 Å². The number of amides is 2. The number of aliphatic hydroxyl groups excluding tert-OH is 1. The fourth-order valence-electron chi connectivity index (χ4n) is 1.64. The second kappa shape index (κ2) is 7.95. The molecule has 0 atom stereocenters. The Labute approximate surface area is 134 Å². The van der Waals surface area contributed by atoms with E-state index in [1.807, 2.05) is 0 Å². The van der Waals surface area contributed by atoms with E-state index in [2.05, 4.69) is 10.6 Å². The summed E-state index contributed by atoms with van der Waals surface area (Å²) in [6.07, 6.45) is -1.11. The minimum Gasteiger partial charge on any atom is -0.389 e. The van der Waals surface area contributed by atoms with E-state index in [4.69, 9.17) is 5.48 Å². The number of aliphatic hydroxyl groups is 1. The quantitative estimate of drug-likeness (QED) is 0.750. The predicted octanol–water partition coefficient (Wildman–Crippen LogP) is 1.21. The zero-order chi connectivity index (χ0) is 19.3. The van der Waals surface area contributed by atoms with Crippen molar-refractivity contribution in [3.63, 3.8) is 0 Å². The number of benzene rings is 2. The lowest BCUT2D eigenvalue weighted by Gasteiger charge is -2.13. The number of rotatable bonds is 6. The van der Waals surface area contributed by atoms with E-state index >= 15 is 0 Å². The van der Waals surface area contributed by atoms with Crippen LogP contribution in [0.5, 0.6) is 0 Å². The summed E-state index contributed by atoms with van der Waals surface area (Å²) in [5.74, 6) is -1.31. The zero-order valence-corrected chi connectivity index (χ0v) is 11.7. The first kappa shape index (κ1) is 11.0. The summed E-state index contributed by atoms with van der Waals surface area (Å²) in [7, 11) is 0. The van der Waals surface area contributed by atoms with Crippen molar-refractivity contribution in [2.45, 2.75) is 6.10 Å². The Morgan fingerprint density at radius 2 is 1.23 bits per heavy atom. The normalized spacial score (nSPS) is 12.8. The van der Waals surface area contributed by atoms with Crippen LogP contribution in [0, 0.1) is 0 Å². The summed E-state index contributed by atoms with van der Waals surface area (Å²) in [6.45, 7) is -0.383. The van der Waals surface area contributed by atoms with Gasteiger partial charge in [-0.15, -0.1) is 0 Å². The molecule has 0 radical (unpaired) electrons. The number of carbonyl (C=O) groups excluding carboxylic acids is 2. The molecule has 0 fully saturated rings. The standard InChI is InChI=1S/C17H18N2O3/c20-15(11-18-16(21)13-7-3-1-4-8-13)12-19-17(22)14-9-5-2-6-10-14/h1-10,15,20H,11-12H2,(H,18,21)(H,19,22)/i7T,8T,9T,10T. The number of hydrogen-bond donors (Lipinski definition) is 3. The second-order valence-corrected chi connectivity index (χ2v) is 4.45. The van der Waals surface area contributed by atoms with Gasteiger partial charge in [0.2, 0.25) is 0 Å². The first-order valence-electron chi connectivity index (χ1n) is 8.68. The van der Waals surface area contributed by atoms with Crippen LogP contribution >= 0.6 is 0 Å². The molecule has 2 aromatic carbocycles. The smallest absolute Gasteiger partial charge is 0.251 e. The summed E-state index contributed by atoms with van der Waals surface area (Å²) in [5, 5.41) is 14.7. The molecule has 2 rings (SSSR count). The lowest BCUT2D eigenvalue weighted by molar-refractivity contribution is 0.0885. The van der Waals surface area contributed by atoms with Crippen LogP contribution in [0.15, 0.2) is 60.6 Å². The van der Waals surface area contributed by atoms with Crippen LogP contribution in [0.2, 0.25) is 0 Å². The molecular weight excluding hydrogens is 280 g/mol. The minimum absolute atomic E-state index is 0.0900. The van der Waals surface area contributed by atoms with Crippen molar-refractivity contribution in [3.05, 3.63) is 71.7 Å². The molecule has 0 aliphatic heterocycles. The Bertz CT molecular complexity index is 722. The molecule has 5 nitrogen and oxygen atoms in total. The molecule has 0 bridgehead atoms. The molecule has 2 amide bonds. The molecule has 0 heterocycles. The molecule has 22 heavy (non-hydrogen) atoms. The van der Waals surface area contributed by atoms with Crippen LogP contribution < -0.4 is 10.6 Å². The van der Waals surface area contributed by atoms with Crippen molar-refractivity contribution in [1.29, 1.82) is 0 Å². The summed E-state index contributed by atoms with van der Waals surface area (Å²) in [6, 6.07) is 8.19. The molecule has 0 unspecified atom stereocenters. The van der Waals surface area contributed by atoms with E-state index in [0.717, 1.165) is 0 Å². The van der Waals surface area contributed by atoms with E-state index in [1.165, 1.54) is 36.4 Å². The minimum atomic E-state index is -1.11. The molecule has 3 N–H and O–H groups in total. The fraction of sp³-hybridized carbons (Fsp3) is 0.176. The lowest BCUT2D eigenvalue weighted by Crippen LogP contribution is -2.40. The molecule has 114 valence electrons. The Kier molecular flexibility index (Phi) is 3.97. The highest BCUT2D eigenvalue weighted by molar-refractivity contribution is 5.94. The first-order chi connectivity index (χ1) is 12.3. The summed E-state index contributed by atoms with van der Waals surface area (Å²) < 4.78 is 30.7. The molecule has 0 aliphatic rings. The van der Waals surface area contributed by atoms with E-state index < -0.39 is 17.9 Å². The molecule has 0 aromatic heterocycles. The summed E-state index contributed by atoms with van der Waals surface area (Å²) in [5.41, 5.74) is -0.184. The van der Waals surface area contributed by atoms with Crippen molar-refractivity contribution in [1.82, 2.24) is 10.6 Å². The van der Waals surface area contributed by atoms with Gasteiger partial charge in [-0.25, -0.2) is 0 Å². The van der Waals surface area contributed by atoms with Gasteiger partial charge in [-0.2, -0.15) is 0 Å². The van der Waals surface area contributed by atoms with Crippen LogP contribution in [0.4, 0.5) is 0 Å². The van der Waals surface area contributed by atoms with Crippen molar-refractivity contribution >= 4 is 11.8 Å². The third-order valence-electron chi connectivity index (χ3n) is 2.75. The maximum Gasteiger partial charge on any atom is 0.251 e. The number of carbonyl (C=O) groups is 2. The van der Waals surface area contributed by atoms with Gasteiger partial charge in [0.15, 0.2) is 0 Å². The van der Waals surface area contributed by atoms with Gasteiger partial charge in [0, 0.05) is 24.2 Å². The van der Waals surface area contributed by atoms with Gasteiger partial charge in [0.25, 0.3) is 11.8 Å². The third-order valence-corrected chi connectivity index (χ3v) is 2.75. The Hall–Kier alpha value is -2.66. The topological polar surface area (TPSA) is 78.4 Å². The van der Waals surface area contributed by atoms with Crippen LogP contribution in [-0.4, -0.2) is 36.1 Å². The Balaban J connectivity index is 1.88. The van der Waals surface area contributed by atoms with Crippen molar-refractivity contribution in [2.75, 3.05) is 13.1 Å². The maximum absolute atomic E-state index is 12.0. The highest BCUT2D eigenvalue weighted by atomic mass is 16.3. The van der Waals surface area contributed by atoms with Crippen molar-refractivity contribution in [3.8, 4) is 0 Å². The van der Waals surface area contributed by atoms with Crippen LogP contribution in [0.25, 0.3) is 0 Å². The molecule has 0 aliphatic carbocycles.